The van der Waals surface area contributed by atoms with E-state index in [1.54, 1.807) is 31.7 Å². The second-order valence-electron chi connectivity index (χ2n) is 4.96. The van der Waals surface area contributed by atoms with E-state index in [1.165, 1.54) is 0 Å². The van der Waals surface area contributed by atoms with Gasteiger partial charge in [-0.05, 0) is 40.7 Å². The van der Waals surface area contributed by atoms with Crippen LogP contribution in [-0.4, -0.2) is 28.1 Å². The summed E-state index contributed by atoms with van der Waals surface area (Å²) in [5, 5.41) is 18.6. The minimum atomic E-state index is -1.08. The molecule has 0 spiro atoms. The third-order valence-electron chi connectivity index (χ3n) is 3.22. The molecule has 0 amide bonds. The Labute approximate surface area is 113 Å². The number of aromatic nitrogens is 1. The highest BCUT2D eigenvalue weighted by molar-refractivity contribution is 5.83. The molecule has 1 aromatic heterocycles. The van der Waals surface area contributed by atoms with Crippen LogP contribution in [-0.2, 0) is 4.79 Å². The first-order valence-electron chi connectivity index (χ1n) is 6.15. The second-order valence-corrected chi connectivity index (χ2v) is 4.96. The van der Waals surface area contributed by atoms with Gasteiger partial charge in [0.25, 0.3) is 0 Å². The van der Waals surface area contributed by atoms with E-state index in [-0.39, 0.29) is 0 Å². The second kappa shape index (κ2) is 5.27. The van der Waals surface area contributed by atoms with Crippen LogP contribution in [0.3, 0.4) is 0 Å². The number of hydrogen-bond acceptors (Lipinski definition) is 4. The molecule has 0 bridgehead atoms. The maximum atomic E-state index is 11.4. The van der Waals surface area contributed by atoms with Gasteiger partial charge in [0.2, 0.25) is 0 Å². The van der Waals surface area contributed by atoms with E-state index < -0.39 is 11.5 Å². The van der Waals surface area contributed by atoms with Crippen LogP contribution in [0.15, 0.2) is 6.07 Å². The fraction of sp³-hybridized carbons (Fsp3) is 0.500. The summed E-state index contributed by atoms with van der Waals surface area (Å²) in [7, 11) is 0. The van der Waals surface area contributed by atoms with Gasteiger partial charge in [-0.25, -0.2) is 4.79 Å². The zero-order chi connectivity index (χ0) is 14.8. The number of aryl methyl sites for hydroxylation is 2. The number of nitriles is 1. The number of carboxylic acids is 1. The highest BCUT2D eigenvalue weighted by Crippen LogP contribution is 2.29. The van der Waals surface area contributed by atoms with Crippen molar-refractivity contribution < 1.29 is 9.90 Å². The zero-order valence-corrected chi connectivity index (χ0v) is 12.0. The van der Waals surface area contributed by atoms with Gasteiger partial charge < -0.3 is 10.0 Å². The normalized spacial score (nSPS) is 10.9. The van der Waals surface area contributed by atoms with Crippen LogP contribution in [0.4, 0.5) is 5.69 Å². The largest absolute Gasteiger partial charge is 0.480 e. The van der Waals surface area contributed by atoms with Crippen LogP contribution in [0, 0.1) is 25.2 Å². The van der Waals surface area contributed by atoms with Gasteiger partial charge >= 0.3 is 5.97 Å². The third-order valence-corrected chi connectivity index (χ3v) is 3.22. The van der Waals surface area contributed by atoms with Crippen LogP contribution in [0.2, 0.25) is 0 Å². The van der Waals surface area contributed by atoms with Gasteiger partial charge in [0.15, 0.2) is 0 Å². The summed E-state index contributed by atoms with van der Waals surface area (Å²) >= 11 is 0. The lowest BCUT2D eigenvalue weighted by molar-refractivity contribution is -0.142. The minimum Gasteiger partial charge on any atom is -0.480 e. The molecule has 0 aliphatic heterocycles. The van der Waals surface area contributed by atoms with Gasteiger partial charge in [-0.3, -0.25) is 4.98 Å². The molecule has 0 aliphatic carbocycles. The predicted octanol–water partition coefficient (Wildman–Crippen LogP) is 2.26. The molecule has 0 atom stereocenters. The molecule has 1 aromatic rings. The Morgan fingerprint density at radius 3 is 2.53 bits per heavy atom. The molecule has 19 heavy (non-hydrogen) atoms. The predicted molar refractivity (Wildman–Crippen MR) is 73.2 cm³/mol. The summed E-state index contributed by atoms with van der Waals surface area (Å²) in [6, 6.07) is 3.88. The summed E-state index contributed by atoms with van der Waals surface area (Å²) < 4.78 is 0. The molecule has 0 saturated carbocycles. The molecule has 0 aromatic carbocycles. The molecule has 1 rings (SSSR count). The van der Waals surface area contributed by atoms with Gasteiger partial charge in [0, 0.05) is 12.2 Å². The first kappa shape index (κ1) is 15.0. The Balaban J connectivity index is 3.51. The van der Waals surface area contributed by atoms with E-state index in [0.717, 1.165) is 5.69 Å². The van der Waals surface area contributed by atoms with E-state index in [4.69, 9.17) is 0 Å². The van der Waals surface area contributed by atoms with E-state index in [2.05, 4.69) is 11.1 Å². The van der Waals surface area contributed by atoms with Gasteiger partial charge in [0.1, 0.15) is 11.6 Å². The lowest BCUT2D eigenvalue weighted by Gasteiger charge is -2.37. The number of pyridine rings is 1. The number of nitrogens with zero attached hydrogens (tertiary/aromatic N) is 3. The van der Waals surface area contributed by atoms with Crippen molar-refractivity contribution in [2.24, 2.45) is 0 Å². The van der Waals surface area contributed by atoms with E-state index in [0.29, 0.717) is 23.5 Å². The first-order valence-corrected chi connectivity index (χ1v) is 6.15. The highest BCUT2D eigenvalue weighted by Gasteiger charge is 2.35. The standard InChI is InChI=1S/C14H19N3O2/c1-6-17(14(4,5)13(18)19)12-7-9(2)16-10(3)11(12)8-15/h7H,6H2,1-5H3,(H,18,19). The number of carboxylic acid groups (broad SMARTS) is 1. The Kier molecular flexibility index (Phi) is 4.15. The fourth-order valence-electron chi connectivity index (χ4n) is 2.14. The molecule has 5 nitrogen and oxygen atoms in total. The van der Waals surface area contributed by atoms with Crippen molar-refractivity contribution >= 4 is 11.7 Å². The van der Waals surface area contributed by atoms with E-state index in [1.807, 2.05) is 13.8 Å². The van der Waals surface area contributed by atoms with Gasteiger partial charge in [0.05, 0.1) is 16.9 Å². The van der Waals surface area contributed by atoms with Crippen LogP contribution in [0.25, 0.3) is 0 Å². The molecule has 0 radical (unpaired) electrons. The van der Waals surface area contributed by atoms with Crippen molar-refractivity contribution in [3.8, 4) is 6.07 Å². The number of likely N-dealkylation sites (N-methyl/N-ethyl adjacent to an activating group) is 1. The fourth-order valence-corrected chi connectivity index (χ4v) is 2.14. The Morgan fingerprint density at radius 1 is 1.53 bits per heavy atom. The average molecular weight is 261 g/mol. The molecule has 0 unspecified atom stereocenters. The molecule has 5 heteroatoms. The van der Waals surface area contributed by atoms with Crippen LogP contribution >= 0.6 is 0 Å². The quantitative estimate of drug-likeness (QED) is 0.899. The number of aliphatic carboxylic acids is 1. The van der Waals surface area contributed by atoms with E-state index in [9.17, 15) is 15.2 Å². The summed E-state index contributed by atoms with van der Waals surface area (Å²) in [5.41, 5.74) is 1.37. The molecule has 0 saturated heterocycles. The smallest absolute Gasteiger partial charge is 0.328 e. The van der Waals surface area contributed by atoms with Crippen molar-refractivity contribution in [2.45, 2.75) is 40.2 Å². The Hall–Kier alpha value is -2.09. The number of anilines is 1. The zero-order valence-electron chi connectivity index (χ0n) is 12.0. The Bertz CT molecular complexity index is 544. The molecular weight excluding hydrogens is 242 g/mol. The number of carbonyl (C=O) groups is 1. The molecule has 1 heterocycles. The first-order chi connectivity index (χ1) is 8.75. The lowest BCUT2D eigenvalue weighted by atomic mass is 10.00. The van der Waals surface area contributed by atoms with Crippen molar-refractivity contribution in [2.75, 3.05) is 11.4 Å². The molecule has 0 aliphatic rings. The van der Waals surface area contributed by atoms with Crippen molar-refractivity contribution in [3.63, 3.8) is 0 Å². The SMILES string of the molecule is CCN(c1cc(C)nc(C)c1C#N)C(C)(C)C(=O)O. The molecule has 0 fully saturated rings. The third kappa shape index (κ3) is 2.68. The maximum Gasteiger partial charge on any atom is 0.328 e. The van der Waals surface area contributed by atoms with Crippen molar-refractivity contribution in [1.29, 1.82) is 5.26 Å². The number of hydrogen-bond donors (Lipinski definition) is 1. The maximum absolute atomic E-state index is 11.4. The topological polar surface area (TPSA) is 77.2 Å². The van der Waals surface area contributed by atoms with Crippen LogP contribution in [0.5, 0.6) is 0 Å². The van der Waals surface area contributed by atoms with Crippen LogP contribution < -0.4 is 4.90 Å². The summed E-state index contributed by atoms with van der Waals surface area (Å²) in [4.78, 5) is 17.4. The summed E-state index contributed by atoms with van der Waals surface area (Å²) in [6.45, 7) is 9.22. The van der Waals surface area contributed by atoms with Gasteiger partial charge in [-0.2, -0.15) is 5.26 Å². The summed E-state index contributed by atoms with van der Waals surface area (Å²) in [5.74, 6) is -0.926. The molecule has 102 valence electrons. The van der Waals surface area contributed by atoms with Crippen molar-refractivity contribution in [3.05, 3.63) is 23.0 Å². The van der Waals surface area contributed by atoms with E-state index >= 15 is 0 Å². The van der Waals surface area contributed by atoms with Gasteiger partial charge in [-0.1, -0.05) is 0 Å². The molecule has 1 N–H and O–H groups in total. The Morgan fingerprint density at radius 2 is 2.11 bits per heavy atom. The molecular formula is C14H19N3O2. The minimum absolute atomic E-state index is 0.432. The number of rotatable bonds is 4. The van der Waals surface area contributed by atoms with Crippen LogP contribution in [0.1, 0.15) is 37.7 Å². The lowest BCUT2D eigenvalue weighted by Crippen LogP contribution is -2.50. The highest BCUT2D eigenvalue weighted by atomic mass is 16.4. The van der Waals surface area contributed by atoms with Gasteiger partial charge in [-0.15, -0.1) is 0 Å². The summed E-state index contributed by atoms with van der Waals surface area (Å²) in [6.07, 6.45) is 0. The monoisotopic (exact) mass is 261 g/mol. The van der Waals surface area contributed by atoms with Crippen molar-refractivity contribution in [1.82, 2.24) is 4.98 Å². The average Bonchev–Trinajstić information content (AvgIpc) is 2.28.